The van der Waals surface area contributed by atoms with Crippen LogP contribution in [0.4, 0.5) is 0 Å². The molecule has 2 rings (SSSR count). The highest BCUT2D eigenvalue weighted by Crippen LogP contribution is 2.27. The topological polar surface area (TPSA) is 42.9 Å². The number of aromatic nitrogens is 2. The van der Waals surface area contributed by atoms with Gasteiger partial charge in [-0.2, -0.15) is 0 Å². The fraction of sp³-hybridized carbons (Fsp3) is 0. The van der Waals surface area contributed by atoms with Gasteiger partial charge >= 0.3 is 0 Å². The van der Waals surface area contributed by atoms with E-state index in [2.05, 4.69) is 9.97 Å². The number of thiophene rings is 1. The van der Waals surface area contributed by atoms with Gasteiger partial charge in [-0.3, -0.25) is 4.79 Å². The molecule has 0 saturated heterocycles. The Labute approximate surface area is 99.7 Å². The molecule has 6 heteroatoms. The smallest absolute Gasteiger partial charge is 0.256 e. The minimum Gasteiger partial charge on any atom is -0.275 e. The molecule has 0 radical (unpaired) electrons. The van der Waals surface area contributed by atoms with Gasteiger partial charge in [0.15, 0.2) is 0 Å². The highest BCUT2D eigenvalue weighted by Gasteiger charge is 2.14. The Hall–Kier alpha value is -0.970. The molecular weight excluding hydrogens is 255 g/mol. The van der Waals surface area contributed by atoms with Gasteiger partial charge in [-0.05, 0) is 34.6 Å². The van der Waals surface area contributed by atoms with Gasteiger partial charge in [0.2, 0.25) is 5.28 Å². The van der Waals surface area contributed by atoms with Crippen LogP contribution in [0.3, 0.4) is 0 Å². The van der Waals surface area contributed by atoms with Gasteiger partial charge in [-0.1, -0.05) is 6.07 Å². The van der Waals surface area contributed by atoms with E-state index in [0.29, 0.717) is 5.69 Å². The van der Waals surface area contributed by atoms with Gasteiger partial charge in [0, 0.05) is 6.20 Å². The lowest BCUT2D eigenvalue weighted by Gasteiger charge is -2.01. The van der Waals surface area contributed by atoms with E-state index in [4.69, 9.17) is 23.2 Å². The SMILES string of the molecule is O=C(Cl)c1cnc(Cl)nc1-c1cccs1. The normalized spacial score (nSPS) is 10.3. The molecule has 2 aromatic rings. The van der Waals surface area contributed by atoms with Gasteiger partial charge in [0.25, 0.3) is 5.24 Å². The standard InChI is InChI=1S/C9H4Cl2N2OS/c10-8(14)5-4-12-9(11)13-7(5)6-2-1-3-15-6/h1-4H. The second-order valence-electron chi connectivity index (χ2n) is 2.65. The van der Waals surface area contributed by atoms with Crippen molar-refractivity contribution < 1.29 is 4.79 Å². The molecule has 2 aromatic heterocycles. The maximum absolute atomic E-state index is 11.1. The molecule has 0 bridgehead atoms. The Bertz CT molecular complexity index is 499. The fourth-order valence-electron chi connectivity index (χ4n) is 1.11. The van der Waals surface area contributed by atoms with Crippen LogP contribution in [0.1, 0.15) is 10.4 Å². The van der Waals surface area contributed by atoms with Crippen LogP contribution < -0.4 is 0 Å². The second kappa shape index (κ2) is 4.26. The third kappa shape index (κ3) is 2.17. The van der Waals surface area contributed by atoms with Crippen molar-refractivity contribution in [1.29, 1.82) is 0 Å². The first-order chi connectivity index (χ1) is 7.18. The van der Waals surface area contributed by atoms with E-state index in [0.717, 1.165) is 4.88 Å². The number of nitrogens with zero attached hydrogens (tertiary/aromatic N) is 2. The summed E-state index contributed by atoms with van der Waals surface area (Å²) in [6, 6.07) is 3.70. The molecule has 0 atom stereocenters. The lowest BCUT2D eigenvalue weighted by Crippen LogP contribution is -1.97. The van der Waals surface area contributed by atoms with E-state index in [9.17, 15) is 4.79 Å². The van der Waals surface area contributed by atoms with E-state index >= 15 is 0 Å². The predicted molar refractivity (Wildman–Crippen MR) is 60.5 cm³/mol. The molecule has 0 aliphatic heterocycles. The van der Waals surface area contributed by atoms with Gasteiger partial charge in [-0.25, -0.2) is 9.97 Å². The number of hydrogen-bond acceptors (Lipinski definition) is 4. The first kappa shape index (κ1) is 10.5. The number of carbonyl (C=O) groups excluding carboxylic acids is 1. The minimum atomic E-state index is -0.588. The van der Waals surface area contributed by atoms with Crippen molar-refractivity contribution in [2.75, 3.05) is 0 Å². The Morgan fingerprint density at radius 1 is 1.47 bits per heavy atom. The molecule has 0 aliphatic rings. The van der Waals surface area contributed by atoms with Crippen molar-refractivity contribution in [1.82, 2.24) is 9.97 Å². The number of hydrogen-bond donors (Lipinski definition) is 0. The average Bonchev–Trinajstić information content (AvgIpc) is 2.69. The van der Waals surface area contributed by atoms with Gasteiger partial charge in [0.1, 0.15) is 0 Å². The summed E-state index contributed by atoms with van der Waals surface area (Å²) in [5.74, 6) is 0. The quantitative estimate of drug-likeness (QED) is 0.614. The molecular formula is C9H4Cl2N2OS. The monoisotopic (exact) mass is 258 g/mol. The number of halogens is 2. The average molecular weight is 259 g/mol. The van der Waals surface area contributed by atoms with Crippen LogP contribution in [0.25, 0.3) is 10.6 Å². The number of carbonyl (C=O) groups is 1. The lowest BCUT2D eigenvalue weighted by molar-refractivity contribution is 0.108. The molecule has 0 N–H and O–H groups in total. The summed E-state index contributed by atoms with van der Waals surface area (Å²) in [6.45, 7) is 0. The van der Waals surface area contributed by atoms with Crippen LogP contribution in [0.5, 0.6) is 0 Å². The largest absolute Gasteiger partial charge is 0.275 e. The summed E-state index contributed by atoms with van der Waals surface area (Å²) in [7, 11) is 0. The third-order valence-corrected chi connectivity index (χ3v) is 2.99. The second-order valence-corrected chi connectivity index (χ2v) is 4.28. The van der Waals surface area contributed by atoms with Crippen LogP contribution in [-0.2, 0) is 0 Å². The maximum atomic E-state index is 11.1. The molecule has 0 aliphatic carbocycles. The maximum Gasteiger partial charge on any atom is 0.256 e. The molecule has 0 aromatic carbocycles. The summed E-state index contributed by atoms with van der Waals surface area (Å²) >= 11 is 12.5. The van der Waals surface area contributed by atoms with E-state index in [1.807, 2.05) is 17.5 Å². The van der Waals surface area contributed by atoms with Gasteiger partial charge in [0.05, 0.1) is 16.1 Å². The zero-order valence-corrected chi connectivity index (χ0v) is 9.60. The Kier molecular flexibility index (Phi) is 3.00. The highest BCUT2D eigenvalue weighted by molar-refractivity contribution is 7.13. The first-order valence-electron chi connectivity index (χ1n) is 3.94. The third-order valence-electron chi connectivity index (χ3n) is 1.73. The fourth-order valence-corrected chi connectivity index (χ4v) is 2.10. The van der Waals surface area contributed by atoms with Gasteiger partial charge in [-0.15, -0.1) is 11.3 Å². The predicted octanol–water partition coefficient (Wildman–Crippen LogP) is 3.24. The summed E-state index contributed by atoms with van der Waals surface area (Å²) in [4.78, 5) is 19.7. The van der Waals surface area contributed by atoms with E-state index in [1.54, 1.807) is 0 Å². The van der Waals surface area contributed by atoms with Crippen LogP contribution >= 0.6 is 34.5 Å². The van der Waals surface area contributed by atoms with E-state index in [1.165, 1.54) is 17.5 Å². The highest BCUT2D eigenvalue weighted by atomic mass is 35.5. The minimum absolute atomic E-state index is 0.0973. The molecule has 0 spiro atoms. The molecule has 0 amide bonds. The van der Waals surface area contributed by atoms with Crippen molar-refractivity contribution in [3.8, 4) is 10.6 Å². The molecule has 0 unspecified atom stereocenters. The van der Waals surface area contributed by atoms with Crippen LogP contribution in [-0.4, -0.2) is 15.2 Å². The van der Waals surface area contributed by atoms with Gasteiger partial charge < -0.3 is 0 Å². The van der Waals surface area contributed by atoms with Crippen molar-refractivity contribution in [2.24, 2.45) is 0 Å². The van der Waals surface area contributed by atoms with Crippen LogP contribution in [0.15, 0.2) is 23.7 Å². The summed E-state index contributed by atoms with van der Waals surface area (Å²) in [5.41, 5.74) is 0.744. The van der Waals surface area contributed by atoms with Crippen molar-refractivity contribution >= 4 is 39.8 Å². The first-order valence-corrected chi connectivity index (χ1v) is 5.58. The Morgan fingerprint density at radius 3 is 2.87 bits per heavy atom. The number of rotatable bonds is 2. The summed E-state index contributed by atoms with van der Waals surface area (Å²) in [5, 5.41) is 1.39. The summed E-state index contributed by atoms with van der Waals surface area (Å²) in [6.07, 6.45) is 1.33. The molecule has 15 heavy (non-hydrogen) atoms. The Morgan fingerprint density at radius 2 is 2.27 bits per heavy atom. The van der Waals surface area contributed by atoms with Crippen LogP contribution in [0.2, 0.25) is 5.28 Å². The molecule has 0 saturated carbocycles. The van der Waals surface area contributed by atoms with Crippen molar-refractivity contribution in [3.63, 3.8) is 0 Å². The summed E-state index contributed by atoms with van der Waals surface area (Å²) < 4.78 is 0. The zero-order valence-electron chi connectivity index (χ0n) is 7.28. The Balaban J connectivity index is 2.63. The zero-order chi connectivity index (χ0) is 10.8. The van der Waals surface area contributed by atoms with E-state index in [-0.39, 0.29) is 10.8 Å². The molecule has 76 valence electrons. The lowest BCUT2D eigenvalue weighted by atomic mass is 10.2. The van der Waals surface area contributed by atoms with Crippen LogP contribution in [0, 0.1) is 0 Å². The van der Waals surface area contributed by atoms with Crippen molar-refractivity contribution in [2.45, 2.75) is 0 Å². The molecule has 2 heterocycles. The molecule has 3 nitrogen and oxygen atoms in total. The molecule has 0 fully saturated rings. The van der Waals surface area contributed by atoms with Crippen molar-refractivity contribution in [3.05, 3.63) is 34.6 Å². The van der Waals surface area contributed by atoms with E-state index < -0.39 is 5.24 Å².